The second-order valence-corrected chi connectivity index (χ2v) is 5.57. The predicted molar refractivity (Wildman–Crippen MR) is 71.9 cm³/mol. The molecule has 1 aromatic rings. The van der Waals surface area contributed by atoms with Gasteiger partial charge in [0, 0.05) is 12.5 Å². The van der Waals surface area contributed by atoms with Crippen LogP contribution in [0.3, 0.4) is 0 Å². The molecule has 0 aromatic heterocycles. The summed E-state index contributed by atoms with van der Waals surface area (Å²) in [4.78, 5) is 24.9. The lowest BCUT2D eigenvalue weighted by atomic mass is 9.93. The molecule has 1 heterocycles. The molecular weight excluding hydrogens is 285 g/mol. The van der Waals surface area contributed by atoms with Crippen LogP contribution in [-0.2, 0) is 9.59 Å². The van der Waals surface area contributed by atoms with Crippen molar-refractivity contribution in [2.45, 2.75) is 32.4 Å². The van der Waals surface area contributed by atoms with Crippen LogP contribution in [0.2, 0.25) is 5.02 Å². The second-order valence-electron chi connectivity index (χ2n) is 5.16. The van der Waals surface area contributed by atoms with E-state index in [9.17, 15) is 19.1 Å². The highest BCUT2D eigenvalue weighted by atomic mass is 35.5. The molecule has 1 aromatic carbocycles. The van der Waals surface area contributed by atoms with Crippen LogP contribution in [0, 0.1) is 11.7 Å². The van der Waals surface area contributed by atoms with Crippen molar-refractivity contribution in [2.75, 3.05) is 0 Å². The number of carbonyl (C=O) groups is 2. The topological polar surface area (TPSA) is 57.6 Å². The Morgan fingerprint density at radius 2 is 2.15 bits per heavy atom. The first-order chi connectivity index (χ1) is 9.32. The molecule has 0 spiro atoms. The van der Waals surface area contributed by atoms with E-state index < -0.39 is 23.7 Å². The monoisotopic (exact) mass is 299 g/mol. The number of benzene rings is 1. The Kier molecular flexibility index (Phi) is 3.99. The molecule has 1 aliphatic rings. The van der Waals surface area contributed by atoms with E-state index in [1.54, 1.807) is 19.9 Å². The third-order valence-corrected chi connectivity index (χ3v) is 3.83. The van der Waals surface area contributed by atoms with E-state index in [-0.39, 0.29) is 23.4 Å². The summed E-state index contributed by atoms with van der Waals surface area (Å²) in [6.45, 7) is 3.61. The first kappa shape index (κ1) is 14.8. The van der Waals surface area contributed by atoms with Gasteiger partial charge in [-0.3, -0.25) is 9.59 Å². The van der Waals surface area contributed by atoms with Crippen molar-refractivity contribution < 1.29 is 19.1 Å². The van der Waals surface area contributed by atoms with Gasteiger partial charge in [-0.25, -0.2) is 4.39 Å². The smallest absolute Gasteiger partial charge is 0.309 e. The molecule has 0 unspecified atom stereocenters. The lowest BCUT2D eigenvalue weighted by Gasteiger charge is -2.30. The van der Waals surface area contributed by atoms with Gasteiger partial charge in [0.2, 0.25) is 5.91 Å². The van der Waals surface area contributed by atoms with Crippen LogP contribution >= 0.6 is 11.6 Å². The number of rotatable bonds is 3. The summed E-state index contributed by atoms with van der Waals surface area (Å²) in [5.41, 5.74) is 0.457. The van der Waals surface area contributed by atoms with E-state index >= 15 is 0 Å². The van der Waals surface area contributed by atoms with Gasteiger partial charge in [-0.05, 0) is 31.5 Å². The molecular formula is C14H15ClFNO3. The number of hydrogen-bond acceptors (Lipinski definition) is 2. The molecule has 0 saturated carbocycles. The number of carbonyl (C=O) groups excluding carboxylic acids is 1. The second kappa shape index (κ2) is 5.40. The van der Waals surface area contributed by atoms with Crippen LogP contribution in [0.5, 0.6) is 0 Å². The van der Waals surface area contributed by atoms with Gasteiger partial charge in [-0.1, -0.05) is 17.7 Å². The molecule has 1 saturated heterocycles. The molecule has 20 heavy (non-hydrogen) atoms. The Labute approximate surface area is 121 Å². The molecule has 4 nitrogen and oxygen atoms in total. The fourth-order valence-corrected chi connectivity index (χ4v) is 2.79. The minimum atomic E-state index is -1.05. The van der Waals surface area contributed by atoms with Crippen molar-refractivity contribution in [3.63, 3.8) is 0 Å². The number of carboxylic acid groups (broad SMARTS) is 1. The highest BCUT2D eigenvalue weighted by Gasteiger charge is 2.45. The van der Waals surface area contributed by atoms with E-state index in [2.05, 4.69) is 0 Å². The van der Waals surface area contributed by atoms with Crippen LogP contribution in [0.4, 0.5) is 4.39 Å². The molecule has 2 atom stereocenters. The largest absolute Gasteiger partial charge is 0.481 e. The van der Waals surface area contributed by atoms with E-state index in [0.29, 0.717) is 5.56 Å². The average Bonchev–Trinajstić information content (AvgIpc) is 2.70. The number of hydrogen-bond donors (Lipinski definition) is 1. The first-order valence-corrected chi connectivity index (χ1v) is 6.69. The Balaban J connectivity index is 2.48. The molecule has 0 aliphatic carbocycles. The first-order valence-electron chi connectivity index (χ1n) is 6.32. The van der Waals surface area contributed by atoms with E-state index in [4.69, 9.17) is 11.6 Å². The number of nitrogens with zero attached hydrogens (tertiary/aromatic N) is 1. The van der Waals surface area contributed by atoms with Crippen LogP contribution in [0.1, 0.15) is 31.9 Å². The maximum absolute atomic E-state index is 13.6. The summed E-state index contributed by atoms with van der Waals surface area (Å²) in [7, 11) is 0. The molecule has 1 amide bonds. The van der Waals surface area contributed by atoms with Crippen molar-refractivity contribution in [1.29, 1.82) is 0 Å². The molecule has 6 heteroatoms. The SMILES string of the molecule is CC(C)N1C(=O)C[C@H](C(=O)O)[C@H]1c1ccc(Cl)c(F)c1. The van der Waals surface area contributed by atoms with Gasteiger partial charge in [0.15, 0.2) is 0 Å². The van der Waals surface area contributed by atoms with Crippen LogP contribution < -0.4 is 0 Å². The Morgan fingerprint density at radius 3 is 2.65 bits per heavy atom. The normalized spacial score (nSPS) is 22.6. The van der Waals surface area contributed by atoms with Gasteiger partial charge >= 0.3 is 5.97 Å². The highest BCUT2D eigenvalue weighted by molar-refractivity contribution is 6.30. The molecule has 108 valence electrons. The van der Waals surface area contributed by atoms with Gasteiger partial charge in [-0.2, -0.15) is 0 Å². The van der Waals surface area contributed by atoms with E-state index in [0.717, 1.165) is 0 Å². The zero-order valence-corrected chi connectivity index (χ0v) is 11.9. The van der Waals surface area contributed by atoms with E-state index in [1.165, 1.54) is 17.0 Å². The van der Waals surface area contributed by atoms with Gasteiger partial charge < -0.3 is 10.0 Å². The maximum Gasteiger partial charge on any atom is 0.309 e. The van der Waals surface area contributed by atoms with Crippen molar-refractivity contribution in [2.24, 2.45) is 5.92 Å². The fourth-order valence-electron chi connectivity index (χ4n) is 2.67. The number of amides is 1. The number of likely N-dealkylation sites (tertiary alicyclic amines) is 1. The Morgan fingerprint density at radius 1 is 1.50 bits per heavy atom. The van der Waals surface area contributed by atoms with Crippen molar-refractivity contribution in [1.82, 2.24) is 4.90 Å². The maximum atomic E-state index is 13.6. The lowest BCUT2D eigenvalue weighted by molar-refractivity contribution is -0.142. The average molecular weight is 300 g/mol. The van der Waals surface area contributed by atoms with Crippen molar-refractivity contribution >= 4 is 23.5 Å². The zero-order chi connectivity index (χ0) is 15.0. The summed E-state index contributed by atoms with van der Waals surface area (Å²) < 4.78 is 13.6. The summed E-state index contributed by atoms with van der Waals surface area (Å²) in [5, 5.41) is 9.26. The quantitative estimate of drug-likeness (QED) is 0.933. The van der Waals surface area contributed by atoms with Crippen LogP contribution in [0.15, 0.2) is 18.2 Å². The van der Waals surface area contributed by atoms with Gasteiger partial charge in [0.25, 0.3) is 0 Å². The van der Waals surface area contributed by atoms with Gasteiger partial charge in [0.1, 0.15) is 5.82 Å². The molecule has 2 rings (SSSR count). The van der Waals surface area contributed by atoms with Crippen molar-refractivity contribution in [3.8, 4) is 0 Å². The standard InChI is InChI=1S/C14H15ClFNO3/c1-7(2)17-12(18)6-9(14(19)20)13(17)8-3-4-10(15)11(16)5-8/h3-5,7,9,13H,6H2,1-2H3,(H,19,20)/t9-,13+/m0/s1. The minimum Gasteiger partial charge on any atom is -0.481 e. The number of aliphatic carboxylic acids is 1. The lowest BCUT2D eigenvalue weighted by Crippen LogP contribution is -2.36. The third kappa shape index (κ3) is 2.50. The number of carboxylic acids is 1. The molecule has 1 fully saturated rings. The summed E-state index contributed by atoms with van der Waals surface area (Å²) in [5.74, 6) is -2.77. The van der Waals surface area contributed by atoms with E-state index in [1.807, 2.05) is 0 Å². The summed E-state index contributed by atoms with van der Waals surface area (Å²) in [6.07, 6.45) is -0.0670. The minimum absolute atomic E-state index is 0.0268. The Bertz CT molecular complexity index is 561. The highest BCUT2D eigenvalue weighted by Crippen LogP contribution is 2.40. The van der Waals surface area contributed by atoms with Crippen LogP contribution in [-0.4, -0.2) is 27.9 Å². The fraction of sp³-hybridized carbons (Fsp3) is 0.429. The Hall–Kier alpha value is -1.62. The molecule has 1 aliphatic heterocycles. The van der Waals surface area contributed by atoms with Crippen LogP contribution in [0.25, 0.3) is 0 Å². The molecule has 0 bridgehead atoms. The third-order valence-electron chi connectivity index (χ3n) is 3.52. The number of halogens is 2. The predicted octanol–water partition coefficient (Wildman–Crippen LogP) is 2.86. The molecule has 0 radical (unpaired) electrons. The molecule has 1 N–H and O–H groups in total. The summed E-state index contributed by atoms with van der Waals surface area (Å²) >= 11 is 5.64. The van der Waals surface area contributed by atoms with Gasteiger partial charge in [0.05, 0.1) is 17.0 Å². The van der Waals surface area contributed by atoms with Crippen molar-refractivity contribution in [3.05, 3.63) is 34.6 Å². The van der Waals surface area contributed by atoms with Gasteiger partial charge in [-0.15, -0.1) is 0 Å². The zero-order valence-electron chi connectivity index (χ0n) is 11.1. The summed E-state index contributed by atoms with van der Waals surface area (Å²) in [6, 6.07) is 3.34.